The second-order valence-electron chi connectivity index (χ2n) is 12.7. The van der Waals surface area contributed by atoms with Crippen molar-refractivity contribution in [3.05, 3.63) is 11.6 Å². The van der Waals surface area contributed by atoms with Crippen LogP contribution >= 0.6 is 0 Å². The maximum absolute atomic E-state index is 10.3. The molecule has 0 aromatic rings. The highest BCUT2D eigenvalue weighted by Gasteiger charge is 2.68. The number of aliphatic hydroxyl groups excluding tert-OH is 1. The Morgan fingerprint density at radius 3 is 2.63 bits per heavy atom. The fourth-order valence-electron chi connectivity index (χ4n) is 9.66. The molecule has 4 aliphatic carbocycles. The number of hydrogen-bond acceptors (Lipinski definition) is 3. The number of aliphatic hydroxyl groups is 1. The first-order valence-electron chi connectivity index (χ1n) is 13.0. The van der Waals surface area contributed by atoms with Crippen LogP contribution in [0.15, 0.2) is 11.6 Å². The summed E-state index contributed by atoms with van der Waals surface area (Å²) in [6.07, 6.45) is 13.5. The van der Waals surface area contributed by atoms with Gasteiger partial charge >= 0.3 is 0 Å². The van der Waals surface area contributed by atoms with Gasteiger partial charge in [-0.3, -0.25) is 0 Å². The molecule has 1 N–H and O–H groups in total. The first-order valence-corrected chi connectivity index (χ1v) is 13.0. The Hall–Kier alpha value is -0.380. The molecule has 0 radical (unpaired) electrons. The van der Waals surface area contributed by atoms with Gasteiger partial charge in [0.05, 0.1) is 18.8 Å². The van der Waals surface area contributed by atoms with Gasteiger partial charge in [-0.1, -0.05) is 39.3 Å². The lowest BCUT2D eigenvalue weighted by Crippen LogP contribution is -2.52. The molecule has 6 rings (SSSR count). The Bertz CT molecular complexity index is 736. The van der Waals surface area contributed by atoms with E-state index in [1.54, 1.807) is 5.57 Å². The molecule has 3 nitrogen and oxygen atoms in total. The van der Waals surface area contributed by atoms with E-state index in [1.165, 1.54) is 38.5 Å². The Balaban J connectivity index is 1.28. The van der Waals surface area contributed by atoms with Gasteiger partial charge in [0, 0.05) is 12.3 Å². The number of ether oxygens (including phenoxy) is 2. The van der Waals surface area contributed by atoms with Crippen molar-refractivity contribution < 1.29 is 14.6 Å². The van der Waals surface area contributed by atoms with E-state index in [2.05, 4.69) is 33.8 Å². The van der Waals surface area contributed by atoms with E-state index in [9.17, 15) is 5.11 Å². The summed E-state index contributed by atoms with van der Waals surface area (Å²) in [6.45, 7) is 10.8. The van der Waals surface area contributed by atoms with Gasteiger partial charge in [-0.25, -0.2) is 0 Å². The summed E-state index contributed by atoms with van der Waals surface area (Å²) < 4.78 is 13.3. The highest BCUT2D eigenvalue weighted by Crippen LogP contribution is 2.70. The molecule has 1 unspecified atom stereocenters. The minimum Gasteiger partial charge on any atom is -0.393 e. The summed E-state index contributed by atoms with van der Waals surface area (Å²) >= 11 is 0. The Kier molecular flexibility index (Phi) is 4.44. The molecule has 30 heavy (non-hydrogen) atoms. The zero-order valence-corrected chi connectivity index (χ0v) is 19.5. The van der Waals surface area contributed by atoms with Crippen molar-refractivity contribution in [3.8, 4) is 0 Å². The van der Waals surface area contributed by atoms with Gasteiger partial charge in [0.15, 0.2) is 5.79 Å². The van der Waals surface area contributed by atoms with Crippen LogP contribution in [0.2, 0.25) is 0 Å². The van der Waals surface area contributed by atoms with Gasteiger partial charge in [0.2, 0.25) is 0 Å². The maximum atomic E-state index is 10.3. The Morgan fingerprint density at radius 2 is 1.87 bits per heavy atom. The smallest absolute Gasteiger partial charge is 0.171 e. The third-order valence-electron chi connectivity index (χ3n) is 11.3. The van der Waals surface area contributed by atoms with E-state index in [1.807, 2.05) is 0 Å². The van der Waals surface area contributed by atoms with E-state index in [-0.39, 0.29) is 11.9 Å². The minimum atomic E-state index is -0.294. The first-order chi connectivity index (χ1) is 14.3. The molecule has 3 heteroatoms. The van der Waals surface area contributed by atoms with Crippen molar-refractivity contribution in [2.75, 3.05) is 6.61 Å². The van der Waals surface area contributed by atoms with Crippen molar-refractivity contribution in [1.29, 1.82) is 0 Å². The van der Waals surface area contributed by atoms with Crippen LogP contribution in [0.3, 0.4) is 0 Å². The topological polar surface area (TPSA) is 38.7 Å². The van der Waals surface area contributed by atoms with Crippen LogP contribution in [0, 0.1) is 46.3 Å². The lowest BCUT2D eigenvalue weighted by Gasteiger charge is -2.58. The molecule has 11 atom stereocenters. The molecule has 0 aromatic heterocycles. The largest absolute Gasteiger partial charge is 0.393 e. The third kappa shape index (κ3) is 2.55. The summed E-state index contributed by atoms with van der Waals surface area (Å²) in [5.41, 5.74) is 2.31. The van der Waals surface area contributed by atoms with Crippen LogP contribution in [0.4, 0.5) is 0 Å². The summed E-state index contributed by atoms with van der Waals surface area (Å²) in [6, 6.07) is 0. The molecular weight excluding hydrogens is 372 g/mol. The first kappa shape index (κ1) is 20.2. The predicted molar refractivity (Wildman–Crippen MR) is 118 cm³/mol. The zero-order chi connectivity index (χ0) is 20.9. The van der Waals surface area contributed by atoms with Gasteiger partial charge in [0.25, 0.3) is 0 Å². The van der Waals surface area contributed by atoms with Crippen molar-refractivity contribution in [1.82, 2.24) is 0 Å². The lowest BCUT2D eigenvalue weighted by atomic mass is 9.47. The second kappa shape index (κ2) is 6.58. The molecule has 0 bridgehead atoms. The monoisotopic (exact) mass is 414 g/mol. The van der Waals surface area contributed by atoms with Gasteiger partial charge < -0.3 is 14.6 Å². The number of rotatable bonds is 0. The quantitative estimate of drug-likeness (QED) is 0.516. The number of hydrogen-bond donors (Lipinski definition) is 1. The van der Waals surface area contributed by atoms with E-state index in [0.717, 1.165) is 43.6 Å². The fourth-order valence-corrected chi connectivity index (χ4v) is 9.66. The maximum Gasteiger partial charge on any atom is 0.171 e. The van der Waals surface area contributed by atoms with E-state index in [0.29, 0.717) is 34.7 Å². The highest BCUT2D eigenvalue weighted by atomic mass is 16.7. The molecule has 2 aliphatic heterocycles. The average molecular weight is 415 g/mol. The fraction of sp³-hybridized carbons (Fsp3) is 0.926. The second-order valence-corrected chi connectivity index (χ2v) is 12.7. The van der Waals surface area contributed by atoms with Gasteiger partial charge in [0.1, 0.15) is 0 Å². The molecule has 168 valence electrons. The highest BCUT2D eigenvalue weighted by molar-refractivity contribution is 5.26. The molecule has 0 amide bonds. The van der Waals surface area contributed by atoms with Gasteiger partial charge in [-0.15, -0.1) is 0 Å². The van der Waals surface area contributed by atoms with Crippen LogP contribution in [0.5, 0.6) is 0 Å². The standard InChI is InChI=1S/C27H42O3/c1-16-7-12-27(29-15-16)17(2)24-23(30-27)14-22-20-6-5-18-13-19(28)8-10-25(18,3)21(20)9-11-26(22,24)4/h5,16-17,19-24,28H,6-15H2,1-4H3/t16-,17+,19+,20-,21?,22+,23+,24+,25+,26+,27-/m1/s1. The van der Waals surface area contributed by atoms with Crippen LogP contribution < -0.4 is 0 Å². The third-order valence-corrected chi connectivity index (χ3v) is 11.3. The Morgan fingerprint density at radius 1 is 1.03 bits per heavy atom. The van der Waals surface area contributed by atoms with Gasteiger partial charge in [-0.05, 0) is 91.8 Å². The molecule has 5 fully saturated rings. The summed E-state index contributed by atoms with van der Waals surface area (Å²) in [5.74, 6) is 3.94. The van der Waals surface area contributed by atoms with E-state index in [4.69, 9.17) is 9.47 Å². The predicted octanol–water partition coefficient (Wildman–Crippen LogP) is 5.71. The number of allylic oxidation sites excluding steroid dienone is 1. The van der Waals surface area contributed by atoms with Crippen molar-refractivity contribution in [2.45, 2.75) is 103 Å². The van der Waals surface area contributed by atoms with Crippen LogP contribution in [0.1, 0.15) is 85.5 Å². The van der Waals surface area contributed by atoms with E-state index >= 15 is 0 Å². The average Bonchev–Trinajstić information content (AvgIpc) is 3.16. The summed E-state index contributed by atoms with van der Waals surface area (Å²) in [4.78, 5) is 0. The summed E-state index contributed by atoms with van der Waals surface area (Å²) in [5, 5.41) is 10.3. The van der Waals surface area contributed by atoms with E-state index < -0.39 is 0 Å². The molecule has 0 aromatic carbocycles. The lowest BCUT2D eigenvalue weighted by molar-refractivity contribution is -0.272. The van der Waals surface area contributed by atoms with Crippen molar-refractivity contribution >= 4 is 0 Å². The zero-order valence-electron chi connectivity index (χ0n) is 19.5. The molecule has 1 spiro atoms. The van der Waals surface area contributed by atoms with Crippen LogP contribution in [0.25, 0.3) is 0 Å². The molecule has 6 aliphatic rings. The van der Waals surface area contributed by atoms with Crippen molar-refractivity contribution in [2.24, 2.45) is 46.3 Å². The Labute approximate surface area is 183 Å². The molecular formula is C27H42O3. The molecule has 2 saturated heterocycles. The number of fused-ring (bicyclic) bond motifs is 7. The van der Waals surface area contributed by atoms with Crippen molar-refractivity contribution in [3.63, 3.8) is 0 Å². The van der Waals surface area contributed by atoms with Crippen LogP contribution in [-0.2, 0) is 9.47 Å². The molecule has 2 heterocycles. The van der Waals surface area contributed by atoms with Crippen LogP contribution in [-0.4, -0.2) is 29.7 Å². The van der Waals surface area contributed by atoms with Gasteiger partial charge in [-0.2, -0.15) is 0 Å². The SMILES string of the molecule is C[C@@H]1CC[C@@]2(OC1)O[C@H]1C[C@H]3[C@@H]4CC=C5C[C@@H](O)CC[C@]5(C)C4CC[C@]3(C)[C@H]1[C@@H]2C. The normalized spacial score (nSPS) is 59.8. The summed E-state index contributed by atoms with van der Waals surface area (Å²) in [7, 11) is 0. The minimum absolute atomic E-state index is 0.107. The molecule has 3 saturated carbocycles.